The van der Waals surface area contributed by atoms with E-state index in [9.17, 15) is 0 Å². The Morgan fingerprint density at radius 1 is 0.581 bits per heavy atom. The van der Waals surface area contributed by atoms with Crippen molar-refractivity contribution in [3.8, 4) is 11.5 Å². The van der Waals surface area contributed by atoms with E-state index in [-0.39, 0.29) is 0 Å². The molecule has 1 N–H and O–H groups in total. The third-order valence-electron chi connectivity index (χ3n) is 6.69. The van der Waals surface area contributed by atoms with Crippen LogP contribution in [-0.4, -0.2) is 4.98 Å². The fourth-order valence-corrected chi connectivity index (χ4v) is 9.00. The first-order valence-corrected chi connectivity index (χ1v) is 16.4. The Hall–Kier alpha value is -4.33. The van der Waals surface area contributed by atoms with E-state index in [2.05, 4.69) is 128 Å². The van der Waals surface area contributed by atoms with Crippen molar-refractivity contribution in [2.45, 2.75) is 6.92 Å². The summed E-state index contributed by atoms with van der Waals surface area (Å²) in [5, 5.41) is 7.26. The number of aryl methyl sites for hydroxylation is 1. The maximum Gasteiger partial charge on any atom is 0.263 e. The van der Waals surface area contributed by atoms with Crippen LogP contribution in [0.2, 0.25) is 0 Å². The van der Waals surface area contributed by atoms with Gasteiger partial charge in [0, 0.05) is 11.3 Å². The predicted molar refractivity (Wildman–Crippen MR) is 161 cm³/mol. The number of nitrogens with one attached hydrogen (secondary N) is 1. The van der Waals surface area contributed by atoms with Crippen molar-refractivity contribution in [3.05, 3.63) is 151 Å². The minimum atomic E-state index is -4.94. The van der Waals surface area contributed by atoms with Crippen LogP contribution in [0.25, 0.3) is 11.5 Å². The van der Waals surface area contributed by atoms with Gasteiger partial charge in [0.25, 0.3) is 11.3 Å². The van der Waals surface area contributed by atoms with Gasteiger partial charge >= 0.3 is 0 Å². The molecule has 6 aromatic rings. The first kappa shape index (κ1) is 30.1. The number of aromatic nitrogens is 1. The van der Waals surface area contributed by atoms with Gasteiger partial charge in [0.15, 0.2) is 7.26 Å². The molecule has 0 saturated carbocycles. The highest BCUT2D eigenvalue weighted by molar-refractivity contribution is 8.01. The molecule has 0 saturated heterocycles. The quantitative estimate of drug-likeness (QED) is 0.274. The monoisotopic (exact) mass is 610 g/mol. The maximum atomic E-state index is 8.49. The van der Waals surface area contributed by atoms with Gasteiger partial charge < -0.3 is 9.73 Å². The van der Waals surface area contributed by atoms with Gasteiger partial charge in [-0.25, -0.2) is 18.6 Å². The van der Waals surface area contributed by atoms with E-state index in [0.29, 0.717) is 11.8 Å². The first-order valence-electron chi connectivity index (χ1n) is 13.3. The normalized spacial score (nSPS) is 11.4. The standard InChI is InChI=1S/C34H28N2OP.ClHO4/c1-26-22-24-28(25-23-26)35-33-34(36-32(37-33)27-14-6-2-7-15-27)38(29-16-8-3-9-17-29,30-18-10-4-11-19-30)31-20-12-5-13-21-31;2-1(3,4)5/h2-25,35H,1H3;(H,2,3,4,5)/q+1;/p-1. The molecule has 0 aliphatic rings. The zero-order valence-corrected chi connectivity index (χ0v) is 24.8. The number of hydrogen-bond donors (Lipinski definition) is 1. The van der Waals surface area contributed by atoms with Crippen molar-refractivity contribution in [2.75, 3.05) is 5.32 Å². The highest BCUT2D eigenvalue weighted by Gasteiger charge is 2.53. The molecule has 0 atom stereocenters. The molecule has 7 nitrogen and oxygen atoms in total. The molecule has 0 bridgehead atoms. The largest absolute Gasteiger partial charge is 0.416 e. The van der Waals surface area contributed by atoms with Gasteiger partial charge in [-0.15, -0.1) is 10.2 Å². The Morgan fingerprint density at radius 3 is 1.40 bits per heavy atom. The topological polar surface area (TPSA) is 130 Å². The lowest BCUT2D eigenvalue weighted by molar-refractivity contribution is -2.00. The summed E-state index contributed by atoms with van der Waals surface area (Å²) in [6.45, 7) is 2.09. The molecule has 0 fully saturated rings. The number of oxazole rings is 1. The Kier molecular flexibility index (Phi) is 9.34. The average molecular weight is 611 g/mol. The van der Waals surface area contributed by atoms with Crippen molar-refractivity contribution in [1.29, 1.82) is 0 Å². The number of anilines is 2. The lowest BCUT2D eigenvalue weighted by Gasteiger charge is -2.25. The van der Waals surface area contributed by atoms with E-state index in [0.717, 1.165) is 16.7 Å². The third kappa shape index (κ3) is 7.19. The second-order valence-corrected chi connectivity index (χ2v) is 13.7. The second kappa shape index (κ2) is 13.3. The van der Waals surface area contributed by atoms with E-state index < -0.39 is 17.5 Å². The van der Waals surface area contributed by atoms with Crippen LogP contribution in [0.1, 0.15) is 5.56 Å². The highest BCUT2D eigenvalue weighted by atomic mass is 35.7. The van der Waals surface area contributed by atoms with Crippen LogP contribution >= 0.6 is 7.26 Å². The lowest BCUT2D eigenvalue weighted by atomic mass is 10.2. The lowest BCUT2D eigenvalue weighted by Crippen LogP contribution is -2.68. The third-order valence-corrected chi connectivity index (χ3v) is 10.8. The van der Waals surface area contributed by atoms with Gasteiger partial charge in [-0.1, -0.05) is 90.5 Å². The predicted octanol–water partition coefficient (Wildman–Crippen LogP) is 2.26. The van der Waals surface area contributed by atoms with Gasteiger partial charge in [0.05, 0.1) is 0 Å². The Balaban J connectivity index is 0.000000682. The Labute approximate surface area is 252 Å². The summed E-state index contributed by atoms with van der Waals surface area (Å²) in [7, 11) is -7.40. The van der Waals surface area contributed by atoms with Crippen molar-refractivity contribution in [2.24, 2.45) is 0 Å². The summed E-state index contributed by atoms with van der Waals surface area (Å²) in [6.07, 6.45) is 0. The summed E-state index contributed by atoms with van der Waals surface area (Å²) in [5.41, 5.74) is 4.02. The smallest absolute Gasteiger partial charge is 0.263 e. The molecule has 216 valence electrons. The van der Waals surface area contributed by atoms with Crippen LogP contribution in [0.3, 0.4) is 0 Å². The highest BCUT2D eigenvalue weighted by Crippen LogP contribution is 2.56. The number of hydrogen-bond acceptors (Lipinski definition) is 7. The minimum absolute atomic E-state index is 0.599. The number of rotatable bonds is 7. The van der Waals surface area contributed by atoms with Crippen molar-refractivity contribution >= 4 is 40.2 Å². The van der Waals surface area contributed by atoms with Gasteiger partial charge in [-0.05, 0) is 67.6 Å². The molecular weight excluding hydrogens is 583 g/mol. The molecule has 0 unspecified atom stereocenters. The summed E-state index contributed by atoms with van der Waals surface area (Å²) in [5.74, 6) is 1.26. The van der Waals surface area contributed by atoms with Crippen LogP contribution in [0, 0.1) is 17.2 Å². The number of halogens is 1. The second-order valence-electron chi connectivity index (χ2n) is 9.58. The molecule has 6 rings (SSSR count). The summed E-state index contributed by atoms with van der Waals surface area (Å²) < 4.78 is 40.6. The van der Waals surface area contributed by atoms with E-state index >= 15 is 0 Å². The first-order chi connectivity index (χ1) is 20.7. The van der Waals surface area contributed by atoms with E-state index in [4.69, 9.17) is 28.0 Å². The van der Waals surface area contributed by atoms with E-state index in [1.807, 2.05) is 30.3 Å². The SMILES string of the molecule is Cc1ccc(Nc2oc(-c3ccccc3)nc2[P+](c2ccccc2)(c2ccccc2)c2ccccc2)cc1.[O-][Cl+3]([O-])([O-])[O-]. The molecule has 5 aromatic carbocycles. The molecule has 0 spiro atoms. The molecule has 0 radical (unpaired) electrons. The average Bonchev–Trinajstić information content (AvgIpc) is 3.44. The fraction of sp³-hybridized carbons (Fsp3) is 0.0294. The van der Waals surface area contributed by atoms with Crippen molar-refractivity contribution in [3.63, 3.8) is 0 Å². The van der Waals surface area contributed by atoms with Crippen molar-refractivity contribution in [1.82, 2.24) is 4.98 Å². The number of benzene rings is 5. The van der Waals surface area contributed by atoms with Crippen LogP contribution in [0.4, 0.5) is 11.6 Å². The fourth-order valence-electron chi connectivity index (χ4n) is 4.86. The molecule has 1 aromatic heterocycles. The van der Waals surface area contributed by atoms with Crippen LogP contribution in [0.15, 0.2) is 150 Å². The molecule has 0 aliphatic carbocycles. The van der Waals surface area contributed by atoms with E-state index in [1.54, 1.807) is 0 Å². The van der Waals surface area contributed by atoms with Crippen LogP contribution in [0.5, 0.6) is 0 Å². The molecule has 9 heteroatoms. The summed E-state index contributed by atoms with van der Waals surface area (Å²) >= 11 is 0. The van der Waals surface area contributed by atoms with E-state index in [1.165, 1.54) is 21.5 Å². The minimum Gasteiger partial charge on any atom is -0.416 e. The van der Waals surface area contributed by atoms with Crippen LogP contribution < -0.4 is 45.3 Å². The van der Waals surface area contributed by atoms with Crippen molar-refractivity contribution < 1.29 is 33.3 Å². The Bertz CT molecular complexity index is 1630. The molecule has 1 heterocycles. The van der Waals surface area contributed by atoms with Gasteiger partial charge in [0.2, 0.25) is 5.89 Å². The molecule has 0 aliphatic heterocycles. The molecule has 43 heavy (non-hydrogen) atoms. The van der Waals surface area contributed by atoms with Crippen LogP contribution in [-0.2, 0) is 0 Å². The molecular formula is C34H28ClN2O5P. The van der Waals surface area contributed by atoms with Gasteiger partial charge in [-0.3, -0.25) is 0 Å². The van der Waals surface area contributed by atoms with Gasteiger partial charge in [0.1, 0.15) is 15.9 Å². The zero-order chi connectivity index (χ0) is 30.3. The summed E-state index contributed by atoms with van der Waals surface area (Å²) in [6, 6.07) is 50.7. The summed E-state index contributed by atoms with van der Waals surface area (Å²) in [4.78, 5) is 5.32. The van der Waals surface area contributed by atoms with Gasteiger partial charge in [-0.2, -0.15) is 4.98 Å². The Morgan fingerprint density at radius 2 is 0.977 bits per heavy atom. The molecule has 0 amide bonds. The zero-order valence-electron chi connectivity index (χ0n) is 23.2. The maximum absolute atomic E-state index is 8.49. The number of nitrogens with zero attached hydrogens (tertiary/aromatic N) is 1.